The van der Waals surface area contributed by atoms with Crippen molar-refractivity contribution >= 4 is 0 Å². The summed E-state index contributed by atoms with van der Waals surface area (Å²) in [5, 5.41) is 3.93. The molecule has 2 saturated carbocycles. The quantitative estimate of drug-likeness (QED) is 0.810. The summed E-state index contributed by atoms with van der Waals surface area (Å²) in [5.41, 5.74) is 0.500. The van der Waals surface area contributed by atoms with Crippen LogP contribution in [0.25, 0.3) is 0 Å². The molecule has 98 valence electrons. The maximum absolute atomic E-state index is 3.93. The summed E-state index contributed by atoms with van der Waals surface area (Å²) in [6.45, 7) is 8.63. The standard InChI is InChI=1S/C15H28N2/c1-12(2)10-17-11-15(7-3-4-8-15)16-9-14(17)13-5-6-13/h12-14,16H,3-11H2,1-2H3. The van der Waals surface area contributed by atoms with E-state index in [1.807, 2.05) is 0 Å². The van der Waals surface area contributed by atoms with E-state index in [0.717, 1.165) is 17.9 Å². The van der Waals surface area contributed by atoms with Crippen molar-refractivity contribution in [2.24, 2.45) is 11.8 Å². The summed E-state index contributed by atoms with van der Waals surface area (Å²) < 4.78 is 0. The van der Waals surface area contributed by atoms with E-state index >= 15 is 0 Å². The second-order valence-electron chi connectivity index (χ2n) is 7.10. The van der Waals surface area contributed by atoms with Crippen molar-refractivity contribution in [1.29, 1.82) is 0 Å². The van der Waals surface area contributed by atoms with Crippen LogP contribution in [0.15, 0.2) is 0 Å². The summed E-state index contributed by atoms with van der Waals surface area (Å²) in [6, 6.07) is 0.851. The summed E-state index contributed by atoms with van der Waals surface area (Å²) in [5.74, 6) is 1.83. The molecule has 0 radical (unpaired) electrons. The first-order valence-electron chi connectivity index (χ1n) is 7.68. The average Bonchev–Trinajstić information content (AvgIpc) is 3.01. The van der Waals surface area contributed by atoms with Gasteiger partial charge in [0.25, 0.3) is 0 Å². The lowest BCUT2D eigenvalue weighted by molar-refractivity contribution is 0.0596. The number of rotatable bonds is 3. The predicted octanol–water partition coefficient (Wildman–Crippen LogP) is 2.64. The van der Waals surface area contributed by atoms with E-state index in [1.165, 1.54) is 58.2 Å². The Morgan fingerprint density at radius 1 is 1.24 bits per heavy atom. The second-order valence-corrected chi connectivity index (χ2v) is 7.10. The van der Waals surface area contributed by atoms with Gasteiger partial charge in [0.15, 0.2) is 0 Å². The Labute approximate surface area is 106 Å². The van der Waals surface area contributed by atoms with Crippen LogP contribution in [0.2, 0.25) is 0 Å². The minimum Gasteiger partial charge on any atom is -0.308 e. The molecule has 1 aliphatic heterocycles. The zero-order chi connectivity index (χ0) is 11.9. The number of hydrogen-bond acceptors (Lipinski definition) is 2. The maximum Gasteiger partial charge on any atom is 0.0309 e. The molecule has 3 fully saturated rings. The smallest absolute Gasteiger partial charge is 0.0309 e. The molecule has 0 aromatic carbocycles. The lowest BCUT2D eigenvalue weighted by Gasteiger charge is -2.47. The molecule has 1 heterocycles. The molecule has 1 spiro atoms. The normalized spacial score (nSPS) is 33.7. The fourth-order valence-corrected chi connectivity index (χ4v) is 4.01. The molecule has 2 heteroatoms. The van der Waals surface area contributed by atoms with E-state index in [-0.39, 0.29) is 0 Å². The molecule has 1 unspecified atom stereocenters. The van der Waals surface area contributed by atoms with Crippen LogP contribution < -0.4 is 5.32 Å². The highest BCUT2D eigenvalue weighted by molar-refractivity contribution is 5.04. The first-order valence-corrected chi connectivity index (χ1v) is 7.68. The monoisotopic (exact) mass is 236 g/mol. The summed E-state index contributed by atoms with van der Waals surface area (Å²) in [7, 11) is 0. The third kappa shape index (κ3) is 2.53. The van der Waals surface area contributed by atoms with Crippen LogP contribution in [0.3, 0.4) is 0 Å². The van der Waals surface area contributed by atoms with Crippen molar-refractivity contribution in [2.45, 2.75) is 64.0 Å². The second kappa shape index (κ2) is 4.55. The number of nitrogens with one attached hydrogen (secondary N) is 1. The predicted molar refractivity (Wildman–Crippen MR) is 72.1 cm³/mol. The van der Waals surface area contributed by atoms with Crippen LogP contribution in [-0.2, 0) is 0 Å². The average molecular weight is 236 g/mol. The van der Waals surface area contributed by atoms with Crippen molar-refractivity contribution in [3.05, 3.63) is 0 Å². The Kier molecular flexibility index (Phi) is 3.20. The number of piperazine rings is 1. The van der Waals surface area contributed by atoms with Crippen LogP contribution in [0.4, 0.5) is 0 Å². The molecule has 3 aliphatic rings. The van der Waals surface area contributed by atoms with Crippen LogP contribution in [0, 0.1) is 11.8 Å². The van der Waals surface area contributed by atoms with Gasteiger partial charge in [0.05, 0.1) is 0 Å². The molecule has 2 nitrogen and oxygen atoms in total. The van der Waals surface area contributed by atoms with E-state index < -0.39 is 0 Å². The molecule has 1 saturated heterocycles. The zero-order valence-corrected chi connectivity index (χ0v) is 11.5. The molecular formula is C15H28N2. The maximum atomic E-state index is 3.93. The highest BCUT2D eigenvalue weighted by Crippen LogP contribution is 2.40. The van der Waals surface area contributed by atoms with Crippen LogP contribution in [0.1, 0.15) is 52.4 Å². The first-order chi connectivity index (χ1) is 8.19. The molecule has 0 aromatic heterocycles. The Hall–Kier alpha value is -0.0800. The minimum absolute atomic E-state index is 0.500. The van der Waals surface area contributed by atoms with Crippen molar-refractivity contribution in [3.8, 4) is 0 Å². The van der Waals surface area contributed by atoms with Crippen molar-refractivity contribution in [1.82, 2.24) is 10.2 Å². The minimum atomic E-state index is 0.500. The lowest BCUT2D eigenvalue weighted by Crippen LogP contribution is -2.64. The van der Waals surface area contributed by atoms with Gasteiger partial charge >= 0.3 is 0 Å². The third-order valence-electron chi connectivity index (χ3n) is 4.99. The Morgan fingerprint density at radius 2 is 1.94 bits per heavy atom. The van der Waals surface area contributed by atoms with Gasteiger partial charge in [-0.25, -0.2) is 0 Å². The van der Waals surface area contributed by atoms with Gasteiger partial charge in [0, 0.05) is 31.2 Å². The molecule has 2 aliphatic carbocycles. The lowest BCUT2D eigenvalue weighted by atomic mass is 9.90. The van der Waals surface area contributed by atoms with Crippen LogP contribution in [-0.4, -0.2) is 36.1 Å². The fraction of sp³-hybridized carbons (Fsp3) is 1.00. The summed E-state index contributed by atoms with van der Waals surface area (Å²) in [4.78, 5) is 2.84. The van der Waals surface area contributed by atoms with Gasteiger partial charge in [0.1, 0.15) is 0 Å². The highest BCUT2D eigenvalue weighted by Gasteiger charge is 2.45. The Balaban J connectivity index is 1.68. The zero-order valence-electron chi connectivity index (χ0n) is 11.5. The first kappa shape index (κ1) is 12.0. The van der Waals surface area contributed by atoms with E-state index in [4.69, 9.17) is 0 Å². The van der Waals surface area contributed by atoms with Crippen molar-refractivity contribution < 1.29 is 0 Å². The molecule has 0 aromatic rings. The van der Waals surface area contributed by atoms with Gasteiger partial charge in [-0.3, -0.25) is 4.90 Å². The summed E-state index contributed by atoms with van der Waals surface area (Å²) in [6.07, 6.45) is 8.67. The van der Waals surface area contributed by atoms with E-state index in [1.54, 1.807) is 0 Å². The van der Waals surface area contributed by atoms with Gasteiger partial charge in [-0.05, 0) is 37.5 Å². The molecule has 1 N–H and O–H groups in total. The van der Waals surface area contributed by atoms with Crippen LogP contribution in [0.5, 0.6) is 0 Å². The molecule has 3 rings (SSSR count). The van der Waals surface area contributed by atoms with E-state index in [9.17, 15) is 0 Å². The molecule has 1 atom stereocenters. The van der Waals surface area contributed by atoms with Gasteiger partial charge in [-0.15, -0.1) is 0 Å². The third-order valence-corrected chi connectivity index (χ3v) is 4.99. The number of nitrogens with zero attached hydrogens (tertiary/aromatic N) is 1. The fourth-order valence-electron chi connectivity index (χ4n) is 4.01. The van der Waals surface area contributed by atoms with Crippen LogP contribution >= 0.6 is 0 Å². The number of hydrogen-bond donors (Lipinski definition) is 1. The molecule has 0 bridgehead atoms. The van der Waals surface area contributed by atoms with Crippen molar-refractivity contribution in [3.63, 3.8) is 0 Å². The Bertz CT molecular complexity index is 264. The molecule has 0 amide bonds. The highest BCUT2D eigenvalue weighted by atomic mass is 15.3. The van der Waals surface area contributed by atoms with Gasteiger partial charge in [-0.2, -0.15) is 0 Å². The van der Waals surface area contributed by atoms with Gasteiger partial charge in [-0.1, -0.05) is 26.7 Å². The molecule has 17 heavy (non-hydrogen) atoms. The van der Waals surface area contributed by atoms with Crippen molar-refractivity contribution in [2.75, 3.05) is 19.6 Å². The molecular weight excluding hydrogens is 208 g/mol. The Morgan fingerprint density at radius 3 is 2.53 bits per heavy atom. The summed E-state index contributed by atoms with van der Waals surface area (Å²) >= 11 is 0. The SMILES string of the molecule is CC(C)CN1CC2(CCCC2)NCC1C1CC1. The largest absolute Gasteiger partial charge is 0.308 e. The topological polar surface area (TPSA) is 15.3 Å². The van der Waals surface area contributed by atoms with E-state index in [2.05, 4.69) is 24.1 Å². The van der Waals surface area contributed by atoms with Gasteiger partial charge in [0.2, 0.25) is 0 Å². The van der Waals surface area contributed by atoms with Gasteiger partial charge < -0.3 is 5.32 Å². The van der Waals surface area contributed by atoms with E-state index in [0.29, 0.717) is 5.54 Å².